The van der Waals surface area contributed by atoms with Crippen molar-refractivity contribution in [1.29, 1.82) is 0 Å². The molecular weight excluding hydrogens is 545 g/mol. The van der Waals surface area contributed by atoms with Gasteiger partial charge in [0.15, 0.2) is 0 Å². The number of carbonyl (C=O) groups is 2. The Morgan fingerprint density at radius 1 is 0.976 bits per heavy atom. The molecule has 0 radical (unpaired) electrons. The molecule has 11 heteroatoms. The van der Waals surface area contributed by atoms with Gasteiger partial charge in [0.1, 0.15) is 5.69 Å². The van der Waals surface area contributed by atoms with Crippen LogP contribution in [0.3, 0.4) is 0 Å². The van der Waals surface area contributed by atoms with Gasteiger partial charge in [0, 0.05) is 64.7 Å². The summed E-state index contributed by atoms with van der Waals surface area (Å²) < 4.78 is 38.3. The maximum Gasteiger partial charge on any atom is 0.416 e. The third kappa shape index (κ3) is 10.2. The zero-order valence-corrected chi connectivity index (χ0v) is 24.5. The number of amides is 2. The van der Waals surface area contributed by atoms with Gasteiger partial charge in [-0.15, -0.1) is 0 Å². The summed E-state index contributed by atoms with van der Waals surface area (Å²) in [5.41, 5.74) is 5.28. The number of benzene rings is 2. The van der Waals surface area contributed by atoms with Crippen LogP contribution in [-0.2, 0) is 30.6 Å². The fraction of sp³-hybridized carbons (Fsp3) is 0.387. The fourth-order valence-corrected chi connectivity index (χ4v) is 4.58. The molecule has 3 aromatic rings. The van der Waals surface area contributed by atoms with Gasteiger partial charge in [0.25, 0.3) is 5.91 Å². The first-order valence-corrected chi connectivity index (χ1v) is 13.7. The molecule has 2 heterocycles. The van der Waals surface area contributed by atoms with Crippen molar-refractivity contribution in [3.8, 4) is 0 Å². The van der Waals surface area contributed by atoms with Crippen molar-refractivity contribution in [3.05, 3.63) is 93.8 Å². The number of halogens is 3. The molecular formula is C31H39F3N6O2. The van der Waals surface area contributed by atoms with E-state index in [4.69, 9.17) is 0 Å². The fourth-order valence-electron chi connectivity index (χ4n) is 4.58. The lowest BCUT2D eigenvalue weighted by atomic mass is 10.1. The van der Waals surface area contributed by atoms with Crippen molar-refractivity contribution in [1.82, 2.24) is 25.4 Å². The average molecular weight is 585 g/mol. The molecule has 1 fully saturated rings. The Morgan fingerprint density at radius 3 is 2.38 bits per heavy atom. The Hall–Kier alpha value is -3.80. The van der Waals surface area contributed by atoms with E-state index in [9.17, 15) is 22.8 Å². The molecule has 1 aromatic heterocycles. The number of pyridine rings is 1. The Balaban J connectivity index is 0.000000235. The smallest absolute Gasteiger partial charge is 0.354 e. The van der Waals surface area contributed by atoms with Crippen molar-refractivity contribution >= 4 is 18.0 Å². The summed E-state index contributed by atoms with van der Waals surface area (Å²) in [6.45, 7) is 9.38. The van der Waals surface area contributed by atoms with Gasteiger partial charge in [0.2, 0.25) is 6.41 Å². The molecule has 226 valence electrons. The zero-order chi connectivity index (χ0) is 30.7. The normalized spacial score (nSPS) is 14.1. The van der Waals surface area contributed by atoms with Gasteiger partial charge in [-0.3, -0.25) is 19.5 Å². The lowest BCUT2D eigenvalue weighted by molar-refractivity contribution is -0.137. The van der Waals surface area contributed by atoms with Gasteiger partial charge < -0.3 is 20.9 Å². The average Bonchev–Trinajstić information content (AvgIpc) is 2.95. The van der Waals surface area contributed by atoms with E-state index in [-0.39, 0.29) is 5.91 Å². The molecule has 0 saturated carbocycles. The van der Waals surface area contributed by atoms with Crippen LogP contribution in [0, 0.1) is 13.8 Å². The second kappa shape index (κ2) is 15.4. The molecule has 42 heavy (non-hydrogen) atoms. The van der Waals surface area contributed by atoms with Crippen LogP contribution in [0.5, 0.6) is 0 Å². The number of nitrogens with one attached hydrogen (secondary N) is 3. The van der Waals surface area contributed by atoms with Crippen molar-refractivity contribution < 1.29 is 22.8 Å². The molecule has 2 aromatic carbocycles. The van der Waals surface area contributed by atoms with Crippen molar-refractivity contribution in [2.45, 2.75) is 39.7 Å². The van der Waals surface area contributed by atoms with Crippen LogP contribution in [0.4, 0.5) is 18.9 Å². The van der Waals surface area contributed by atoms with Crippen LogP contribution in [0.1, 0.15) is 43.9 Å². The van der Waals surface area contributed by atoms with Crippen molar-refractivity contribution in [2.75, 3.05) is 45.6 Å². The number of nitrogens with zero attached hydrogens (tertiary/aromatic N) is 3. The number of alkyl halides is 3. The first-order valence-electron chi connectivity index (χ1n) is 13.7. The summed E-state index contributed by atoms with van der Waals surface area (Å²) in [7, 11) is 3.64. The molecule has 4 rings (SSSR count). The monoisotopic (exact) mass is 584 g/mol. The first-order chi connectivity index (χ1) is 20.0. The van der Waals surface area contributed by atoms with Crippen LogP contribution < -0.4 is 16.0 Å². The summed E-state index contributed by atoms with van der Waals surface area (Å²) in [5.74, 6) is -0.199. The van der Waals surface area contributed by atoms with Gasteiger partial charge in [-0.2, -0.15) is 13.2 Å². The molecule has 1 saturated heterocycles. The summed E-state index contributed by atoms with van der Waals surface area (Å²) in [6, 6.07) is 13.7. The molecule has 0 bridgehead atoms. The van der Waals surface area contributed by atoms with E-state index >= 15 is 0 Å². The Kier molecular flexibility index (Phi) is 12.0. The highest BCUT2D eigenvalue weighted by Crippen LogP contribution is 2.31. The van der Waals surface area contributed by atoms with Crippen molar-refractivity contribution in [3.63, 3.8) is 0 Å². The van der Waals surface area contributed by atoms with E-state index < -0.39 is 11.7 Å². The summed E-state index contributed by atoms with van der Waals surface area (Å²) in [6.07, 6.45) is -1.97. The molecule has 0 aliphatic carbocycles. The quantitative estimate of drug-likeness (QED) is 0.324. The number of aryl methyl sites for hydroxylation is 2. The third-order valence-corrected chi connectivity index (χ3v) is 6.97. The van der Waals surface area contributed by atoms with Crippen LogP contribution in [0.15, 0.2) is 54.7 Å². The molecule has 1 aliphatic rings. The van der Waals surface area contributed by atoms with E-state index in [2.05, 4.69) is 37.8 Å². The summed E-state index contributed by atoms with van der Waals surface area (Å²) in [5, 5.41) is 8.54. The Bertz CT molecular complexity index is 1340. The van der Waals surface area contributed by atoms with E-state index in [1.54, 1.807) is 26.2 Å². The number of piperazine rings is 1. The minimum absolute atomic E-state index is 0.199. The standard InChI is InChI=1S/C17H20N4O2.C14H19F3N2/c1-12-3-4-15(21-11-22)8-14(12)10-19-9-13-5-6-20-16(7-13)17(23)18-2;1-11-7-12(9-13(8-11)14(15,16)17)10-19-5-3-18(2)4-6-19/h3-8,11,19H,9-10H2,1-2H3,(H,18,23)(H,21,22);7-9H,3-6,10H2,1-2H3. The molecule has 8 nitrogen and oxygen atoms in total. The lowest BCUT2D eigenvalue weighted by Crippen LogP contribution is -2.43. The predicted octanol–water partition coefficient (Wildman–Crippen LogP) is 4.37. The number of anilines is 1. The number of aromatic nitrogens is 1. The highest BCUT2D eigenvalue weighted by atomic mass is 19.4. The molecule has 0 spiro atoms. The topological polar surface area (TPSA) is 89.6 Å². The minimum atomic E-state index is -4.26. The van der Waals surface area contributed by atoms with E-state index in [1.165, 1.54) is 12.1 Å². The number of carbonyl (C=O) groups excluding carboxylic acids is 2. The van der Waals surface area contributed by atoms with Crippen LogP contribution in [-0.4, -0.2) is 67.4 Å². The maximum absolute atomic E-state index is 12.8. The number of hydrogen-bond acceptors (Lipinski definition) is 6. The van der Waals surface area contributed by atoms with Gasteiger partial charge in [-0.05, 0) is 79.5 Å². The van der Waals surface area contributed by atoms with Crippen LogP contribution in [0.2, 0.25) is 0 Å². The number of likely N-dealkylation sites (N-methyl/N-ethyl adjacent to an activating group) is 1. The van der Waals surface area contributed by atoms with Gasteiger partial charge in [0.05, 0.1) is 5.56 Å². The SMILES string of the molecule is CNC(=O)c1cc(CNCc2cc(NC=O)ccc2C)ccn1.Cc1cc(CN2CCN(C)CC2)cc(C(F)(F)F)c1. The van der Waals surface area contributed by atoms with Gasteiger partial charge in [-0.25, -0.2) is 0 Å². The molecule has 3 N–H and O–H groups in total. The molecule has 1 aliphatic heterocycles. The zero-order valence-electron chi connectivity index (χ0n) is 24.5. The van der Waals surface area contributed by atoms with Gasteiger partial charge >= 0.3 is 6.18 Å². The van der Waals surface area contributed by atoms with Crippen molar-refractivity contribution in [2.24, 2.45) is 0 Å². The van der Waals surface area contributed by atoms with Crippen LogP contribution >= 0.6 is 0 Å². The number of hydrogen-bond donors (Lipinski definition) is 3. The molecule has 2 amide bonds. The molecule has 0 unspecified atom stereocenters. The van der Waals surface area contributed by atoms with E-state index in [0.717, 1.165) is 54.1 Å². The third-order valence-electron chi connectivity index (χ3n) is 6.97. The number of rotatable bonds is 9. The van der Waals surface area contributed by atoms with Crippen LogP contribution in [0.25, 0.3) is 0 Å². The minimum Gasteiger partial charge on any atom is -0.354 e. The predicted molar refractivity (Wildman–Crippen MR) is 158 cm³/mol. The lowest BCUT2D eigenvalue weighted by Gasteiger charge is -2.32. The van der Waals surface area contributed by atoms with E-state index in [0.29, 0.717) is 37.3 Å². The second-order valence-corrected chi connectivity index (χ2v) is 10.4. The largest absolute Gasteiger partial charge is 0.416 e. The first kappa shape index (κ1) is 32.7. The Morgan fingerprint density at radius 2 is 1.71 bits per heavy atom. The van der Waals surface area contributed by atoms with E-state index in [1.807, 2.05) is 37.3 Å². The second-order valence-electron chi connectivity index (χ2n) is 10.4. The highest BCUT2D eigenvalue weighted by Gasteiger charge is 2.31. The summed E-state index contributed by atoms with van der Waals surface area (Å²) in [4.78, 5) is 30.6. The summed E-state index contributed by atoms with van der Waals surface area (Å²) >= 11 is 0. The Labute approximate surface area is 245 Å². The molecule has 0 atom stereocenters. The maximum atomic E-state index is 12.8. The van der Waals surface area contributed by atoms with Gasteiger partial charge in [-0.1, -0.05) is 17.7 Å². The highest BCUT2D eigenvalue weighted by molar-refractivity contribution is 5.92.